The summed E-state index contributed by atoms with van der Waals surface area (Å²) in [5.74, 6) is 0. The summed E-state index contributed by atoms with van der Waals surface area (Å²) in [6.07, 6.45) is -0.330. The Hall–Kier alpha value is -0.120. The van der Waals surface area contributed by atoms with Gasteiger partial charge in [0, 0.05) is 18.6 Å². The van der Waals surface area contributed by atoms with Gasteiger partial charge in [-0.05, 0) is 19.3 Å². The molecule has 1 unspecified atom stereocenters. The molecule has 15 heavy (non-hydrogen) atoms. The Morgan fingerprint density at radius 1 is 1.07 bits per heavy atom. The number of aliphatic hydroxyl groups is 1. The summed E-state index contributed by atoms with van der Waals surface area (Å²) < 4.78 is 5.34. The highest BCUT2D eigenvalue weighted by Crippen LogP contribution is 2.32. The molecule has 1 aliphatic heterocycles. The van der Waals surface area contributed by atoms with Crippen LogP contribution in [-0.4, -0.2) is 48.0 Å². The maximum absolute atomic E-state index is 10.4. The predicted molar refractivity (Wildman–Crippen MR) is 61.9 cm³/mol. The summed E-state index contributed by atoms with van der Waals surface area (Å²) in [5, 5.41) is 10.4. The van der Waals surface area contributed by atoms with Gasteiger partial charge in [-0.2, -0.15) is 0 Å². The molecule has 90 valence electrons. The lowest BCUT2D eigenvalue weighted by Crippen LogP contribution is -2.59. The fourth-order valence-electron chi connectivity index (χ4n) is 2.37. The van der Waals surface area contributed by atoms with Crippen molar-refractivity contribution < 1.29 is 9.84 Å². The fraction of sp³-hybridized carbons (Fsp3) is 1.00. The van der Waals surface area contributed by atoms with Gasteiger partial charge in [-0.3, -0.25) is 4.90 Å². The van der Waals surface area contributed by atoms with E-state index >= 15 is 0 Å². The molecule has 0 spiro atoms. The Morgan fingerprint density at radius 2 is 1.53 bits per heavy atom. The smallest absolute Gasteiger partial charge is 0.0766 e. The summed E-state index contributed by atoms with van der Waals surface area (Å²) in [6, 6.07) is 0. The molecule has 1 aliphatic rings. The molecule has 0 aliphatic carbocycles. The highest BCUT2D eigenvalue weighted by Gasteiger charge is 2.41. The molecule has 0 aromatic heterocycles. The van der Waals surface area contributed by atoms with Crippen molar-refractivity contribution in [1.82, 2.24) is 4.90 Å². The lowest BCUT2D eigenvalue weighted by Gasteiger charge is -2.47. The van der Waals surface area contributed by atoms with Crippen LogP contribution in [0.15, 0.2) is 0 Å². The zero-order chi connectivity index (χ0) is 11.7. The molecule has 3 nitrogen and oxygen atoms in total. The van der Waals surface area contributed by atoms with E-state index in [1.807, 2.05) is 0 Å². The molecule has 0 aromatic carbocycles. The van der Waals surface area contributed by atoms with E-state index in [0.29, 0.717) is 0 Å². The van der Waals surface area contributed by atoms with Crippen molar-refractivity contribution in [2.75, 3.05) is 26.3 Å². The molecule has 0 aromatic rings. The standard InChI is InChI=1S/C12H25NO2/c1-11(2,3)10(14)12(4,5)13-6-8-15-9-7-13/h10,14H,6-9H2,1-5H3. The van der Waals surface area contributed by atoms with Crippen LogP contribution in [0.5, 0.6) is 0 Å². The SMILES string of the molecule is CC(C)(C)C(O)C(C)(C)N1CCOCC1. The Morgan fingerprint density at radius 3 is 1.93 bits per heavy atom. The van der Waals surface area contributed by atoms with Crippen molar-refractivity contribution in [2.24, 2.45) is 5.41 Å². The van der Waals surface area contributed by atoms with Gasteiger partial charge >= 0.3 is 0 Å². The molecular formula is C12H25NO2. The second-order valence-corrected chi connectivity index (χ2v) is 6.02. The maximum atomic E-state index is 10.4. The van der Waals surface area contributed by atoms with E-state index in [4.69, 9.17) is 4.74 Å². The number of hydrogen-bond acceptors (Lipinski definition) is 3. The van der Waals surface area contributed by atoms with Gasteiger partial charge in [0.15, 0.2) is 0 Å². The van der Waals surface area contributed by atoms with Crippen LogP contribution < -0.4 is 0 Å². The molecule has 1 saturated heterocycles. The van der Waals surface area contributed by atoms with Crippen LogP contribution in [-0.2, 0) is 4.74 Å². The van der Waals surface area contributed by atoms with E-state index in [-0.39, 0.29) is 17.1 Å². The first-order valence-corrected chi connectivity index (χ1v) is 5.77. The topological polar surface area (TPSA) is 32.7 Å². The molecule has 0 radical (unpaired) electrons. The number of ether oxygens (including phenoxy) is 1. The average molecular weight is 215 g/mol. The minimum absolute atomic E-state index is 0.0815. The molecule has 1 heterocycles. The van der Waals surface area contributed by atoms with Crippen LogP contribution in [0.2, 0.25) is 0 Å². The van der Waals surface area contributed by atoms with Gasteiger partial charge in [0.05, 0.1) is 19.3 Å². The summed E-state index contributed by atoms with van der Waals surface area (Å²) in [7, 11) is 0. The summed E-state index contributed by atoms with van der Waals surface area (Å²) in [4.78, 5) is 2.33. The van der Waals surface area contributed by atoms with Crippen molar-refractivity contribution in [2.45, 2.75) is 46.3 Å². The largest absolute Gasteiger partial charge is 0.391 e. The van der Waals surface area contributed by atoms with Gasteiger partial charge in [-0.1, -0.05) is 20.8 Å². The second-order valence-electron chi connectivity index (χ2n) is 6.02. The van der Waals surface area contributed by atoms with Crippen LogP contribution >= 0.6 is 0 Å². The number of hydrogen-bond donors (Lipinski definition) is 1. The Labute approximate surface area is 93.4 Å². The summed E-state index contributed by atoms with van der Waals surface area (Å²) >= 11 is 0. The highest BCUT2D eigenvalue weighted by atomic mass is 16.5. The quantitative estimate of drug-likeness (QED) is 0.758. The van der Waals surface area contributed by atoms with E-state index in [1.165, 1.54) is 0 Å². The molecule has 0 saturated carbocycles. The van der Waals surface area contributed by atoms with Gasteiger partial charge in [0.1, 0.15) is 0 Å². The van der Waals surface area contributed by atoms with Gasteiger partial charge < -0.3 is 9.84 Å². The third kappa shape index (κ3) is 2.92. The number of morpholine rings is 1. The lowest BCUT2D eigenvalue weighted by atomic mass is 9.77. The van der Waals surface area contributed by atoms with Crippen LogP contribution in [0.3, 0.4) is 0 Å². The molecule has 1 atom stereocenters. The number of rotatable bonds is 2. The normalized spacial score (nSPS) is 22.8. The Kier molecular flexibility index (Phi) is 3.80. The van der Waals surface area contributed by atoms with Crippen molar-refractivity contribution in [3.8, 4) is 0 Å². The third-order valence-electron chi connectivity index (χ3n) is 3.32. The van der Waals surface area contributed by atoms with Crippen LogP contribution in [0.25, 0.3) is 0 Å². The first-order valence-electron chi connectivity index (χ1n) is 5.77. The first kappa shape index (κ1) is 12.9. The second kappa shape index (κ2) is 4.40. The maximum Gasteiger partial charge on any atom is 0.0766 e. The molecule has 3 heteroatoms. The van der Waals surface area contributed by atoms with Crippen molar-refractivity contribution in [1.29, 1.82) is 0 Å². The van der Waals surface area contributed by atoms with E-state index in [1.54, 1.807) is 0 Å². The highest BCUT2D eigenvalue weighted by molar-refractivity contribution is 4.95. The number of nitrogens with zero attached hydrogens (tertiary/aromatic N) is 1. The summed E-state index contributed by atoms with van der Waals surface area (Å²) in [6.45, 7) is 13.9. The fourth-order valence-corrected chi connectivity index (χ4v) is 2.37. The van der Waals surface area contributed by atoms with E-state index < -0.39 is 0 Å². The van der Waals surface area contributed by atoms with E-state index in [2.05, 4.69) is 39.5 Å². The van der Waals surface area contributed by atoms with Gasteiger partial charge in [0.2, 0.25) is 0 Å². The van der Waals surface area contributed by atoms with Crippen LogP contribution in [0, 0.1) is 5.41 Å². The molecule has 1 rings (SSSR count). The zero-order valence-electron chi connectivity index (χ0n) is 10.7. The molecular weight excluding hydrogens is 190 g/mol. The average Bonchev–Trinajstić information content (AvgIpc) is 2.16. The van der Waals surface area contributed by atoms with E-state index in [0.717, 1.165) is 26.3 Å². The molecule has 1 fully saturated rings. The minimum atomic E-state index is -0.330. The van der Waals surface area contributed by atoms with Crippen LogP contribution in [0.1, 0.15) is 34.6 Å². The first-order chi connectivity index (χ1) is 6.76. The molecule has 0 amide bonds. The van der Waals surface area contributed by atoms with Gasteiger partial charge in [-0.15, -0.1) is 0 Å². The third-order valence-corrected chi connectivity index (χ3v) is 3.32. The van der Waals surface area contributed by atoms with Crippen molar-refractivity contribution in [3.05, 3.63) is 0 Å². The minimum Gasteiger partial charge on any atom is -0.391 e. The zero-order valence-corrected chi connectivity index (χ0v) is 10.7. The number of aliphatic hydroxyl groups excluding tert-OH is 1. The monoisotopic (exact) mass is 215 g/mol. The van der Waals surface area contributed by atoms with E-state index in [9.17, 15) is 5.11 Å². The lowest BCUT2D eigenvalue weighted by molar-refractivity contribution is -0.0962. The molecule has 0 bridgehead atoms. The van der Waals surface area contributed by atoms with Crippen molar-refractivity contribution >= 4 is 0 Å². The van der Waals surface area contributed by atoms with Gasteiger partial charge in [-0.25, -0.2) is 0 Å². The molecule has 1 N–H and O–H groups in total. The predicted octanol–water partition coefficient (Wildman–Crippen LogP) is 1.50. The Balaban J connectivity index is 2.71. The van der Waals surface area contributed by atoms with Crippen LogP contribution in [0.4, 0.5) is 0 Å². The Bertz CT molecular complexity index is 202. The summed E-state index contributed by atoms with van der Waals surface area (Å²) in [5.41, 5.74) is -0.260. The van der Waals surface area contributed by atoms with Crippen molar-refractivity contribution in [3.63, 3.8) is 0 Å². The van der Waals surface area contributed by atoms with Gasteiger partial charge in [0.25, 0.3) is 0 Å².